The summed E-state index contributed by atoms with van der Waals surface area (Å²) >= 11 is 2.78. The van der Waals surface area contributed by atoms with E-state index in [1.54, 1.807) is 0 Å². The molecule has 0 N–H and O–H groups in total. The third-order valence-corrected chi connectivity index (χ3v) is 2.97. The summed E-state index contributed by atoms with van der Waals surface area (Å²) in [6, 6.07) is 0. The fourth-order valence-corrected chi connectivity index (χ4v) is 2.14. The van der Waals surface area contributed by atoms with Crippen molar-refractivity contribution in [3.63, 3.8) is 0 Å². The van der Waals surface area contributed by atoms with Crippen molar-refractivity contribution in [2.24, 2.45) is 0 Å². The van der Waals surface area contributed by atoms with Gasteiger partial charge in [0.15, 0.2) is 11.4 Å². The lowest BCUT2D eigenvalue weighted by atomic mass is 10.1. The number of hydrogen-bond donors (Lipinski definition) is 0. The lowest BCUT2D eigenvalue weighted by Gasteiger charge is -2.19. The molecule has 0 aliphatic rings. The Labute approximate surface area is 128 Å². The van der Waals surface area contributed by atoms with E-state index in [4.69, 9.17) is 0 Å². The normalized spacial score (nSPS) is 12.2. The van der Waals surface area contributed by atoms with Gasteiger partial charge in [-0.25, -0.2) is 4.98 Å². The highest BCUT2D eigenvalue weighted by Crippen LogP contribution is 2.41. The molecule has 124 valence electrons. The van der Waals surface area contributed by atoms with E-state index in [-0.39, 0.29) is 5.56 Å². The number of methoxy groups -OCH3 is 1. The Hall–Kier alpha value is -1.52. The highest BCUT2D eigenvalue weighted by molar-refractivity contribution is 9.08. The molecule has 1 rings (SSSR count). The van der Waals surface area contributed by atoms with E-state index < -0.39 is 47.3 Å². The molecule has 11 heteroatoms. The molecule has 0 radical (unpaired) electrons. The van der Waals surface area contributed by atoms with Gasteiger partial charge in [0.05, 0.1) is 13.5 Å². The summed E-state index contributed by atoms with van der Waals surface area (Å²) < 4.78 is 83.2. The molecule has 0 saturated heterocycles. The van der Waals surface area contributed by atoms with Crippen molar-refractivity contribution in [3.05, 3.63) is 23.0 Å². The quantitative estimate of drug-likeness (QED) is 0.444. The van der Waals surface area contributed by atoms with Crippen LogP contribution in [0.25, 0.3) is 0 Å². The zero-order chi connectivity index (χ0) is 17.1. The molecular weight excluding hydrogens is 388 g/mol. The van der Waals surface area contributed by atoms with Crippen LogP contribution in [-0.2, 0) is 27.5 Å². The summed E-state index contributed by atoms with van der Waals surface area (Å²) in [6.45, 7) is 0. The minimum Gasteiger partial charge on any atom is -0.469 e. The number of hydrogen-bond acceptors (Lipinski definition) is 4. The van der Waals surface area contributed by atoms with Gasteiger partial charge < -0.3 is 9.47 Å². The predicted octanol–water partition coefficient (Wildman–Crippen LogP) is 3.61. The Morgan fingerprint density at radius 2 is 1.86 bits per heavy atom. The Kier molecular flexibility index (Phi) is 5.65. The number of aromatic nitrogens is 1. The van der Waals surface area contributed by atoms with Gasteiger partial charge in [-0.2, -0.15) is 13.2 Å². The standard InChI is InChI=1S/C11H8BrF6NO3/c1-21-7(20)2-5-4-19-9(10(13,14)15)8(6(5)3-12)22-11(16,17)18/h4H,2-3H2,1H3. The fraction of sp³-hybridized carbons (Fsp3) is 0.455. The van der Waals surface area contributed by atoms with Crippen LogP contribution in [0, 0.1) is 0 Å². The molecule has 4 nitrogen and oxygen atoms in total. The summed E-state index contributed by atoms with van der Waals surface area (Å²) in [4.78, 5) is 14.1. The van der Waals surface area contributed by atoms with Gasteiger partial charge in [-0.3, -0.25) is 4.79 Å². The number of pyridine rings is 1. The average molecular weight is 396 g/mol. The molecule has 0 aliphatic heterocycles. The molecule has 0 unspecified atom stereocenters. The van der Waals surface area contributed by atoms with Crippen LogP contribution in [0.15, 0.2) is 6.20 Å². The fourth-order valence-electron chi connectivity index (χ4n) is 1.52. The van der Waals surface area contributed by atoms with Crippen LogP contribution in [0.1, 0.15) is 16.8 Å². The Balaban J connectivity index is 3.48. The predicted molar refractivity (Wildman–Crippen MR) is 64.3 cm³/mol. The summed E-state index contributed by atoms with van der Waals surface area (Å²) in [6.07, 6.45) is -10.4. The molecule has 0 bridgehead atoms. The minimum atomic E-state index is -5.34. The topological polar surface area (TPSA) is 48.4 Å². The van der Waals surface area contributed by atoms with E-state index in [2.05, 4.69) is 30.4 Å². The Morgan fingerprint density at radius 3 is 2.27 bits per heavy atom. The van der Waals surface area contributed by atoms with Gasteiger partial charge in [0.25, 0.3) is 0 Å². The summed E-state index contributed by atoms with van der Waals surface area (Å²) in [5.41, 5.74) is -2.48. The van der Waals surface area contributed by atoms with Crippen LogP contribution < -0.4 is 4.74 Å². The van der Waals surface area contributed by atoms with Gasteiger partial charge in [0.1, 0.15) is 0 Å². The van der Waals surface area contributed by atoms with Crippen molar-refractivity contribution in [1.29, 1.82) is 0 Å². The van der Waals surface area contributed by atoms with E-state index in [1.807, 2.05) is 0 Å². The SMILES string of the molecule is COC(=O)Cc1cnc(C(F)(F)F)c(OC(F)(F)F)c1CBr. The van der Waals surface area contributed by atoms with Crippen molar-refractivity contribution >= 4 is 21.9 Å². The Morgan fingerprint density at radius 1 is 1.27 bits per heavy atom. The smallest absolute Gasteiger partial charge is 0.469 e. The van der Waals surface area contributed by atoms with Crippen molar-refractivity contribution in [1.82, 2.24) is 4.98 Å². The molecule has 0 atom stereocenters. The number of rotatable bonds is 4. The highest BCUT2D eigenvalue weighted by atomic mass is 79.9. The molecule has 0 amide bonds. The van der Waals surface area contributed by atoms with Crippen molar-refractivity contribution in [3.8, 4) is 5.75 Å². The van der Waals surface area contributed by atoms with E-state index in [0.717, 1.165) is 7.11 Å². The van der Waals surface area contributed by atoms with Crippen molar-refractivity contribution in [2.75, 3.05) is 7.11 Å². The Bertz CT molecular complexity index is 558. The maximum absolute atomic E-state index is 12.8. The van der Waals surface area contributed by atoms with Gasteiger partial charge in [0, 0.05) is 17.1 Å². The zero-order valence-electron chi connectivity index (χ0n) is 10.8. The van der Waals surface area contributed by atoms with E-state index >= 15 is 0 Å². The molecule has 22 heavy (non-hydrogen) atoms. The van der Waals surface area contributed by atoms with Crippen LogP contribution in [0.4, 0.5) is 26.3 Å². The minimum absolute atomic E-state index is 0.170. The number of ether oxygens (including phenoxy) is 2. The van der Waals surface area contributed by atoms with Crippen molar-refractivity contribution < 1.29 is 40.6 Å². The first-order chi connectivity index (χ1) is 9.99. The summed E-state index contributed by atoms with van der Waals surface area (Å²) in [7, 11) is 1.03. The number of esters is 1. The number of carbonyl (C=O) groups excluding carboxylic acids is 1. The second-order valence-electron chi connectivity index (χ2n) is 3.87. The second-order valence-corrected chi connectivity index (χ2v) is 4.43. The van der Waals surface area contributed by atoms with Gasteiger partial charge in [-0.05, 0) is 5.56 Å². The third kappa shape index (κ3) is 4.75. The molecule has 1 heterocycles. The average Bonchev–Trinajstić information content (AvgIpc) is 2.35. The van der Waals surface area contributed by atoms with Gasteiger partial charge >= 0.3 is 18.5 Å². The molecule has 1 aromatic heterocycles. The number of nitrogens with zero attached hydrogens (tertiary/aromatic N) is 1. The van der Waals surface area contributed by atoms with Gasteiger partial charge in [-0.15, -0.1) is 13.2 Å². The van der Waals surface area contributed by atoms with Gasteiger partial charge in [0.2, 0.25) is 0 Å². The van der Waals surface area contributed by atoms with E-state index in [0.29, 0.717) is 6.20 Å². The largest absolute Gasteiger partial charge is 0.573 e. The second kappa shape index (κ2) is 6.71. The first kappa shape index (κ1) is 18.5. The molecule has 0 fully saturated rings. The van der Waals surface area contributed by atoms with Crippen LogP contribution in [0.3, 0.4) is 0 Å². The number of carbonyl (C=O) groups is 1. The maximum atomic E-state index is 12.8. The van der Waals surface area contributed by atoms with E-state index in [9.17, 15) is 31.1 Å². The maximum Gasteiger partial charge on any atom is 0.573 e. The van der Waals surface area contributed by atoms with Crippen LogP contribution in [-0.4, -0.2) is 24.4 Å². The molecule has 0 aromatic carbocycles. The monoisotopic (exact) mass is 395 g/mol. The lowest BCUT2D eigenvalue weighted by molar-refractivity contribution is -0.276. The molecule has 0 spiro atoms. The summed E-state index contributed by atoms with van der Waals surface area (Å²) in [5, 5.41) is -0.406. The van der Waals surface area contributed by atoms with Crippen LogP contribution in [0.5, 0.6) is 5.75 Å². The number of halogens is 7. The first-order valence-corrected chi connectivity index (χ1v) is 6.58. The third-order valence-electron chi connectivity index (χ3n) is 2.41. The van der Waals surface area contributed by atoms with Crippen LogP contribution in [0.2, 0.25) is 0 Å². The zero-order valence-corrected chi connectivity index (χ0v) is 12.4. The van der Waals surface area contributed by atoms with Crippen LogP contribution >= 0.6 is 15.9 Å². The summed E-state index contributed by atoms with van der Waals surface area (Å²) in [5.74, 6) is -2.33. The van der Waals surface area contributed by atoms with E-state index in [1.165, 1.54) is 0 Å². The molecule has 0 aliphatic carbocycles. The number of alkyl halides is 7. The molecule has 1 aromatic rings. The highest BCUT2D eigenvalue weighted by Gasteiger charge is 2.42. The first-order valence-electron chi connectivity index (χ1n) is 5.46. The van der Waals surface area contributed by atoms with Gasteiger partial charge in [-0.1, -0.05) is 15.9 Å². The van der Waals surface area contributed by atoms with Crippen molar-refractivity contribution in [2.45, 2.75) is 24.3 Å². The lowest BCUT2D eigenvalue weighted by Crippen LogP contribution is -2.23. The molecule has 0 saturated carbocycles. The molecular formula is C11H8BrF6NO3.